The van der Waals surface area contributed by atoms with Crippen LogP contribution in [0.5, 0.6) is 0 Å². The van der Waals surface area contributed by atoms with Crippen LogP contribution in [0.15, 0.2) is 48.5 Å². The Morgan fingerprint density at radius 3 is 2.17 bits per heavy atom. The number of carbonyl (C=O) groups excluding carboxylic acids is 2. The molecule has 0 bridgehead atoms. The lowest BCUT2D eigenvalue weighted by Crippen LogP contribution is -2.48. The first-order chi connectivity index (χ1) is 16.6. The molecule has 0 radical (unpaired) electrons. The van der Waals surface area contributed by atoms with Gasteiger partial charge in [-0.2, -0.15) is 0 Å². The van der Waals surface area contributed by atoms with Crippen molar-refractivity contribution >= 4 is 28.0 Å². The predicted molar refractivity (Wildman–Crippen MR) is 129 cm³/mol. The van der Waals surface area contributed by atoms with Crippen LogP contribution < -0.4 is 10.6 Å². The zero-order valence-electron chi connectivity index (χ0n) is 19.6. The van der Waals surface area contributed by atoms with E-state index in [1.807, 2.05) is 48.5 Å². The van der Waals surface area contributed by atoms with E-state index in [0.29, 0.717) is 6.42 Å². The van der Waals surface area contributed by atoms with Gasteiger partial charge in [-0.15, -0.1) is 0 Å². The van der Waals surface area contributed by atoms with Crippen molar-refractivity contribution in [3.05, 3.63) is 59.7 Å². The van der Waals surface area contributed by atoms with Crippen molar-refractivity contribution in [3.8, 4) is 11.1 Å². The number of nitrogens with one attached hydrogen (secondary N) is 2. The van der Waals surface area contributed by atoms with Crippen molar-refractivity contribution in [1.82, 2.24) is 14.9 Å². The van der Waals surface area contributed by atoms with Crippen LogP contribution in [0.1, 0.15) is 29.9 Å². The molecule has 0 spiro atoms. The van der Waals surface area contributed by atoms with Gasteiger partial charge in [0, 0.05) is 26.1 Å². The average Bonchev–Trinajstić information content (AvgIpc) is 3.12. The summed E-state index contributed by atoms with van der Waals surface area (Å²) in [6.07, 6.45) is -0.128. The number of amides is 2. The van der Waals surface area contributed by atoms with Gasteiger partial charge < -0.3 is 20.5 Å². The Hall–Kier alpha value is -3.44. The third-order valence-electron chi connectivity index (χ3n) is 5.85. The molecule has 0 fully saturated rings. The number of carboxylic acids is 1. The third kappa shape index (κ3) is 6.80. The van der Waals surface area contributed by atoms with E-state index < -0.39 is 40.5 Å². The van der Waals surface area contributed by atoms with Crippen molar-refractivity contribution < 1.29 is 32.6 Å². The highest BCUT2D eigenvalue weighted by atomic mass is 32.2. The second-order valence-electron chi connectivity index (χ2n) is 8.35. The summed E-state index contributed by atoms with van der Waals surface area (Å²) in [5.41, 5.74) is 4.20. The maximum atomic E-state index is 12.5. The van der Waals surface area contributed by atoms with Crippen LogP contribution in [0.2, 0.25) is 0 Å². The smallest absolute Gasteiger partial charge is 0.407 e. The number of hydrogen-bond acceptors (Lipinski definition) is 6. The molecule has 1 aliphatic rings. The summed E-state index contributed by atoms with van der Waals surface area (Å²) in [6, 6.07) is 14.4. The number of hydrogen-bond donors (Lipinski definition) is 3. The quantitative estimate of drug-likeness (QED) is 0.397. The normalized spacial score (nSPS) is 13.6. The predicted octanol–water partition coefficient (Wildman–Crippen LogP) is 1.77. The summed E-state index contributed by atoms with van der Waals surface area (Å²) < 4.78 is 29.4. The van der Waals surface area contributed by atoms with Crippen molar-refractivity contribution in [2.24, 2.45) is 0 Å². The van der Waals surface area contributed by atoms with E-state index in [0.717, 1.165) is 32.8 Å². The van der Waals surface area contributed by atoms with Gasteiger partial charge in [0.05, 0.1) is 12.7 Å². The molecule has 2 aromatic carbocycles. The maximum absolute atomic E-state index is 12.5. The standard InChI is InChI=1S/C24H29N3O7S/c1-27(35(2,32)33)13-7-12-25-23(30)21(14-22(28)29)26-24(31)34-15-20-18-10-5-3-8-16(18)17-9-4-6-11-19(17)20/h3-6,8-11,20-21H,7,12-15H2,1-2H3,(H,25,30)(H,26,31)(H,28,29). The van der Waals surface area contributed by atoms with E-state index in [9.17, 15) is 22.8 Å². The molecule has 1 atom stereocenters. The van der Waals surface area contributed by atoms with Gasteiger partial charge in [-0.3, -0.25) is 9.59 Å². The second kappa shape index (κ2) is 11.3. The van der Waals surface area contributed by atoms with Crippen LogP contribution in [0.4, 0.5) is 4.79 Å². The first kappa shape index (κ1) is 26.2. The Morgan fingerprint density at radius 2 is 1.63 bits per heavy atom. The molecule has 0 aromatic heterocycles. The van der Waals surface area contributed by atoms with Gasteiger partial charge in [-0.1, -0.05) is 48.5 Å². The van der Waals surface area contributed by atoms with E-state index in [4.69, 9.17) is 9.84 Å². The minimum absolute atomic E-state index is 0.0269. The summed E-state index contributed by atoms with van der Waals surface area (Å²) in [6.45, 7) is 0.322. The molecule has 3 N–H and O–H groups in total. The van der Waals surface area contributed by atoms with Crippen LogP contribution in [0, 0.1) is 0 Å². The number of fused-ring (bicyclic) bond motifs is 3. The maximum Gasteiger partial charge on any atom is 0.407 e. The fourth-order valence-electron chi connectivity index (χ4n) is 3.97. The van der Waals surface area contributed by atoms with Gasteiger partial charge in [-0.25, -0.2) is 17.5 Å². The number of rotatable bonds is 11. The van der Waals surface area contributed by atoms with Crippen molar-refractivity contribution in [1.29, 1.82) is 0 Å². The number of sulfonamides is 1. The molecule has 1 aliphatic carbocycles. The Kier molecular flexibility index (Phi) is 8.47. The van der Waals surface area contributed by atoms with Gasteiger partial charge >= 0.3 is 12.1 Å². The highest BCUT2D eigenvalue weighted by Crippen LogP contribution is 2.44. The van der Waals surface area contributed by atoms with E-state index in [2.05, 4.69) is 10.6 Å². The van der Waals surface area contributed by atoms with E-state index >= 15 is 0 Å². The van der Waals surface area contributed by atoms with Crippen molar-refractivity contribution in [2.75, 3.05) is 33.0 Å². The number of ether oxygens (including phenoxy) is 1. The topological polar surface area (TPSA) is 142 Å². The summed E-state index contributed by atoms with van der Waals surface area (Å²) in [5.74, 6) is -2.13. The molecular formula is C24H29N3O7S. The minimum Gasteiger partial charge on any atom is -0.481 e. The zero-order valence-corrected chi connectivity index (χ0v) is 20.4. The van der Waals surface area contributed by atoms with Gasteiger partial charge in [0.25, 0.3) is 0 Å². The number of carboxylic acid groups (broad SMARTS) is 1. The first-order valence-electron chi connectivity index (χ1n) is 11.1. The van der Waals surface area contributed by atoms with E-state index in [1.165, 1.54) is 7.05 Å². The van der Waals surface area contributed by atoms with E-state index in [1.54, 1.807) is 0 Å². The summed E-state index contributed by atoms with van der Waals surface area (Å²) >= 11 is 0. The molecule has 0 saturated heterocycles. The monoisotopic (exact) mass is 503 g/mol. The lowest BCUT2D eigenvalue weighted by atomic mass is 9.98. The first-order valence-corrected chi connectivity index (χ1v) is 12.9. The van der Waals surface area contributed by atoms with Gasteiger partial charge in [0.2, 0.25) is 15.9 Å². The van der Waals surface area contributed by atoms with E-state index in [-0.39, 0.29) is 25.6 Å². The Bertz CT molecular complexity index is 1150. The molecule has 0 aliphatic heterocycles. The van der Waals surface area contributed by atoms with Gasteiger partial charge in [-0.05, 0) is 28.7 Å². The number of carbonyl (C=O) groups is 3. The fourth-order valence-corrected chi connectivity index (χ4v) is 4.43. The summed E-state index contributed by atoms with van der Waals surface area (Å²) in [5, 5.41) is 14.0. The summed E-state index contributed by atoms with van der Waals surface area (Å²) in [7, 11) is -1.91. The Labute approximate surface area is 204 Å². The molecule has 3 rings (SSSR count). The SMILES string of the molecule is CN(CCCNC(=O)C(CC(=O)O)NC(=O)OCC1c2ccccc2-c2ccccc21)S(C)(=O)=O. The third-order valence-corrected chi connectivity index (χ3v) is 7.16. The molecule has 10 nitrogen and oxygen atoms in total. The van der Waals surface area contributed by atoms with Crippen LogP contribution in [0.3, 0.4) is 0 Å². The molecule has 1 unspecified atom stereocenters. The van der Waals surface area contributed by atoms with Gasteiger partial charge in [0.1, 0.15) is 12.6 Å². The number of nitrogens with zero attached hydrogens (tertiary/aromatic N) is 1. The molecule has 11 heteroatoms. The van der Waals surface area contributed by atoms with Crippen LogP contribution in [-0.2, 0) is 24.3 Å². The van der Waals surface area contributed by atoms with Gasteiger partial charge in [0.15, 0.2) is 0 Å². The molecule has 2 amide bonds. The molecule has 0 heterocycles. The van der Waals surface area contributed by atoms with Crippen LogP contribution >= 0.6 is 0 Å². The zero-order chi connectivity index (χ0) is 25.6. The minimum atomic E-state index is -3.33. The van der Waals surface area contributed by atoms with Crippen LogP contribution in [-0.4, -0.2) is 74.8 Å². The molecular weight excluding hydrogens is 474 g/mol. The average molecular weight is 504 g/mol. The largest absolute Gasteiger partial charge is 0.481 e. The fraction of sp³-hybridized carbons (Fsp3) is 0.375. The van der Waals surface area contributed by atoms with Crippen molar-refractivity contribution in [2.45, 2.75) is 24.8 Å². The number of alkyl carbamates (subject to hydrolysis) is 1. The lowest BCUT2D eigenvalue weighted by Gasteiger charge is -2.19. The molecule has 188 valence electrons. The number of benzene rings is 2. The molecule has 2 aromatic rings. The van der Waals surface area contributed by atoms with Crippen LogP contribution in [0.25, 0.3) is 11.1 Å². The Balaban J connectivity index is 1.56. The Morgan fingerprint density at radius 1 is 1.06 bits per heavy atom. The molecule has 0 saturated carbocycles. The summed E-state index contributed by atoms with van der Waals surface area (Å²) in [4.78, 5) is 36.2. The highest BCUT2D eigenvalue weighted by molar-refractivity contribution is 7.88. The number of aliphatic carboxylic acids is 1. The second-order valence-corrected chi connectivity index (χ2v) is 10.4. The lowest BCUT2D eigenvalue weighted by molar-refractivity contribution is -0.139. The van der Waals surface area contributed by atoms with Crippen molar-refractivity contribution in [3.63, 3.8) is 0 Å². The highest BCUT2D eigenvalue weighted by Gasteiger charge is 2.30. The molecule has 35 heavy (non-hydrogen) atoms.